The molecule has 2 rings (SSSR count). The predicted molar refractivity (Wildman–Crippen MR) is 58.2 cm³/mol. The maximum atomic E-state index is 10.5. The van der Waals surface area contributed by atoms with Gasteiger partial charge in [0.05, 0.1) is 17.1 Å². The summed E-state index contributed by atoms with van der Waals surface area (Å²) in [6, 6.07) is 10.2. The molecule has 2 nitrogen and oxygen atoms in total. The molecule has 1 aromatic carbocycles. The lowest BCUT2D eigenvalue weighted by Crippen LogP contribution is -2.44. The second-order valence-corrected chi connectivity index (χ2v) is 4.89. The van der Waals surface area contributed by atoms with Gasteiger partial charge in [-0.2, -0.15) is 5.26 Å². The summed E-state index contributed by atoms with van der Waals surface area (Å²) in [5.74, 6) is 0. The maximum Gasteiger partial charge on any atom is 0.0908 e. The van der Waals surface area contributed by atoms with Crippen molar-refractivity contribution in [3.63, 3.8) is 0 Å². The minimum Gasteiger partial charge on any atom is -0.388 e. The largest absolute Gasteiger partial charge is 0.388 e. The lowest BCUT2D eigenvalue weighted by Gasteiger charge is -2.34. The minimum absolute atomic E-state index is 0.587. The van der Waals surface area contributed by atoms with Crippen LogP contribution in [0.5, 0.6) is 0 Å². The van der Waals surface area contributed by atoms with E-state index in [2.05, 4.69) is 6.07 Å². The van der Waals surface area contributed by atoms with Crippen molar-refractivity contribution < 1.29 is 5.11 Å². The number of fused-ring (bicyclic) bond motifs is 1. The van der Waals surface area contributed by atoms with Crippen LogP contribution in [0, 0.1) is 16.7 Å². The van der Waals surface area contributed by atoms with Gasteiger partial charge >= 0.3 is 0 Å². The van der Waals surface area contributed by atoms with Crippen LogP contribution in [0.3, 0.4) is 0 Å². The molecule has 78 valence electrons. The molecule has 1 N–H and O–H groups in total. The first-order valence-corrected chi connectivity index (χ1v) is 5.19. The van der Waals surface area contributed by atoms with Crippen LogP contribution < -0.4 is 0 Å². The highest BCUT2D eigenvalue weighted by Gasteiger charge is 2.47. The van der Waals surface area contributed by atoms with Crippen molar-refractivity contribution in [3.05, 3.63) is 35.4 Å². The third kappa shape index (κ3) is 1.44. The highest BCUT2D eigenvalue weighted by atomic mass is 16.3. The fourth-order valence-electron chi connectivity index (χ4n) is 2.14. The van der Waals surface area contributed by atoms with Crippen molar-refractivity contribution in [1.82, 2.24) is 0 Å². The van der Waals surface area contributed by atoms with Gasteiger partial charge in [-0.05, 0) is 25.0 Å². The summed E-state index contributed by atoms with van der Waals surface area (Å²) >= 11 is 0. The average Bonchev–Trinajstić information content (AvgIpc) is 2.55. The van der Waals surface area contributed by atoms with Gasteiger partial charge in [0.1, 0.15) is 0 Å². The number of aliphatic hydroxyl groups is 1. The Balaban J connectivity index is 2.38. The molecule has 0 saturated carbocycles. The van der Waals surface area contributed by atoms with E-state index in [4.69, 9.17) is 5.26 Å². The Morgan fingerprint density at radius 2 is 1.73 bits per heavy atom. The van der Waals surface area contributed by atoms with Crippen LogP contribution in [0.4, 0.5) is 0 Å². The first-order valence-electron chi connectivity index (χ1n) is 5.19. The van der Waals surface area contributed by atoms with Crippen LogP contribution >= 0.6 is 0 Å². The van der Waals surface area contributed by atoms with Crippen LogP contribution in [0.1, 0.15) is 25.0 Å². The molecule has 0 atom stereocenters. The highest BCUT2D eigenvalue weighted by molar-refractivity contribution is 5.37. The van der Waals surface area contributed by atoms with Gasteiger partial charge < -0.3 is 5.11 Å². The molecule has 0 aromatic heterocycles. The molecular weight excluding hydrogens is 186 g/mol. The molecule has 0 aliphatic heterocycles. The smallest absolute Gasteiger partial charge is 0.0908 e. The first-order chi connectivity index (χ1) is 6.98. The number of nitrogens with zero attached hydrogens (tertiary/aromatic N) is 1. The third-order valence-electron chi connectivity index (χ3n) is 3.53. The molecule has 0 radical (unpaired) electrons. The molecular formula is C13H15NO. The zero-order chi connectivity index (χ0) is 11.1. The van der Waals surface area contributed by atoms with Crippen molar-refractivity contribution >= 4 is 0 Å². The van der Waals surface area contributed by atoms with Gasteiger partial charge in [0.15, 0.2) is 0 Å². The summed E-state index contributed by atoms with van der Waals surface area (Å²) < 4.78 is 0. The quantitative estimate of drug-likeness (QED) is 0.755. The Hall–Kier alpha value is -1.33. The van der Waals surface area contributed by atoms with Crippen LogP contribution in [0.15, 0.2) is 24.3 Å². The molecule has 0 unspecified atom stereocenters. The van der Waals surface area contributed by atoms with E-state index in [0.717, 1.165) is 0 Å². The summed E-state index contributed by atoms with van der Waals surface area (Å²) in [6.45, 7) is 3.61. The van der Waals surface area contributed by atoms with Gasteiger partial charge in [-0.15, -0.1) is 0 Å². The highest BCUT2D eigenvalue weighted by Crippen LogP contribution is 2.41. The Morgan fingerprint density at radius 1 is 1.27 bits per heavy atom. The van der Waals surface area contributed by atoms with E-state index in [1.165, 1.54) is 11.1 Å². The normalized spacial score (nSPS) is 18.3. The van der Waals surface area contributed by atoms with Crippen molar-refractivity contribution in [2.24, 2.45) is 5.41 Å². The summed E-state index contributed by atoms with van der Waals surface area (Å²) in [7, 11) is 0. The van der Waals surface area contributed by atoms with E-state index in [1.807, 2.05) is 24.3 Å². The molecule has 15 heavy (non-hydrogen) atoms. The topological polar surface area (TPSA) is 44.0 Å². The Labute approximate surface area is 90.2 Å². The second kappa shape index (κ2) is 3.08. The molecule has 0 bridgehead atoms. The van der Waals surface area contributed by atoms with Gasteiger partial charge in [-0.1, -0.05) is 24.3 Å². The number of rotatable bonds is 1. The van der Waals surface area contributed by atoms with E-state index in [1.54, 1.807) is 13.8 Å². The lowest BCUT2D eigenvalue weighted by atomic mass is 9.74. The molecule has 0 fully saturated rings. The first kappa shape index (κ1) is 10.2. The van der Waals surface area contributed by atoms with Gasteiger partial charge in [-0.3, -0.25) is 0 Å². The molecule has 2 heteroatoms. The van der Waals surface area contributed by atoms with Crippen LogP contribution in [-0.4, -0.2) is 10.7 Å². The van der Waals surface area contributed by atoms with E-state index >= 15 is 0 Å². The summed E-state index contributed by atoms with van der Waals surface area (Å²) in [6.07, 6.45) is 1.17. The second-order valence-electron chi connectivity index (χ2n) is 4.89. The number of hydrogen-bond acceptors (Lipinski definition) is 2. The molecule has 1 aliphatic rings. The van der Waals surface area contributed by atoms with Crippen molar-refractivity contribution in [3.8, 4) is 6.07 Å². The summed E-state index contributed by atoms with van der Waals surface area (Å²) in [5, 5.41) is 19.6. The van der Waals surface area contributed by atoms with Crippen LogP contribution in [0.25, 0.3) is 0 Å². The van der Waals surface area contributed by atoms with E-state index < -0.39 is 11.0 Å². The maximum absolute atomic E-state index is 10.5. The molecule has 0 saturated heterocycles. The molecule has 0 amide bonds. The minimum atomic E-state index is -0.911. The van der Waals surface area contributed by atoms with Crippen molar-refractivity contribution in [2.45, 2.75) is 32.3 Å². The standard InChI is InChI=1S/C13H15NO/c1-12(2,9-14)13(15)7-10-5-3-4-6-11(10)8-13/h3-6,15H,7-8H2,1-2H3. The van der Waals surface area contributed by atoms with Gasteiger partial charge in [0.2, 0.25) is 0 Å². The summed E-state index contributed by atoms with van der Waals surface area (Å²) in [5.41, 5.74) is 0.726. The monoisotopic (exact) mass is 201 g/mol. The fourth-order valence-corrected chi connectivity index (χ4v) is 2.14. The fraction of sp³-hybridized carbons (Fsp3) is 0.462. The van der Waals surface area contributed by atoms with Gasteiger partial charge in [0.25, 0.3) is 0 Å². The van der Waals surface area contributed by atoms with Crippen LogP contribution in [-0.2, 0) is 12.8 Å². The van der Waals surface area contributed by atoms with Gasteiger partial charge in [0, 0.05) is 12.8 Å². The predicted octanol–water partition coefficient (Wildman–Crippen LogP) is 2.07. The molecule has 0 spiro atoms. The number of hydrogen-bond donors (Lipinski definition) is 1. The zero-order valence-corrected chi connectivity index (χ0v) is 9.12. The average molecular weight is 201 g/mol. The van der Waals surface area contributed by atoms with Gasteiger partial charge in [-0.25, -0.2) is 0 Å². The molecule has 0 heterocycles. The lowest BCUT2D eigenvalue weighted by molar-refractivity contribution is -0.0289. The van der Waals surface area contributed by atoms with E-state index in [-0.39, 0.29) is 0 Å². The molecule has 1 aromatic rings. The van der Waals surface area contributed by atoms with Crippen molar-refractivity contribution in [2.75, 3.05) is 0 Å². The Kier molecular flexibility index (Phi) is 2.09. The zero-order valence-electron chi connectivity index (χ0n) is 9.12. The SMILES string of the molecule is CC(C)(C#N)C1(O)Cc2ccccc2C1. The van der Waals surface area contributed by atoms with Crippen molar-refractivity contribution in [1.29, 1.82) is 5.26 Å². The van der Waals surface area contributed by atoms with E-state index in [9.17, 15) is 5.11 Å². The summed E-state index contributed by atoms with van der Waals surface area (Å²) in [4.78, 5) is 0. The molecule has 1 aliphatic carbocycles. The van der Waals surface area contributed by atoms with E-state index in [0.29, 0.717) is 12.8 Å². The third-order valence-corrected chi connectivity index (χ3v) is 3.53. The van der Waals surface area contributed by atoms with Crippen LogP contribution in [0.2, 0.25) is 0 Å². The number of nitriles is 1. The Bertz CT molecular complexity index is 403. The number of benzene rings is 1. The Morgan fingerprint density at radius 3 is 2.13 bits per heavy atom.